The van der Waals surface area contributed by atoms with Gasteiger partial charge in [-0.25, -0.2) is 0 Å². The Labute approximate surface area is 68.0 Å². The van der Waals surface area contributed by atoms with E-state index in [-0.39, 0.29) is 11.3 Å². The van der Waals surface area contributed by atoms with Gasteiger partial charge in [-0.3, -0.25) is 4.79 Å². The van der Waals surface area contributed by atoms with Crippen LogP contribution < -0.4 is 0 Å². The van der Waals surface area contributed by atoms with Crippen molar-refractivity contribution in [2.45, 2.75) is 0 Å². The molecule has 1 aromatic rings. The zero-order valence-corrected chi connectivity index (χ0v) is 6.21. The first-order chi connectivity index (χ1) is 5.27. The first-order valence-electron chi connectivity index (χ1n) is 2.86. The van der Waals surface area contributed by atoms with Crippen LogP contribution in [0.15, 0.2) is 23.4 Å². The summed E-state index contributed by atoms with van der Waals surface area (Å²) in [6.07, 6.45) is 0.544. The maximum atomic E-state index is 10.3. The van der Waals surface area contributed by atoms with Crippen molar-refractivity contribution < 1.29 is 4.79 Å². The number of rotatable bonds is 2. The fourth-order valence-corrected chi connectivity index (χ4v) is 0.883. The topological polar surface area (TPSA) is 46.5 Å². The van der Waals surface area contributed by atoms with Crippen LogP contribution in [0, 0.1) is 4.91 Å². The van der Waals surface area contributed by atoms with Gasteiger partial charge in [0.15, 0.2) is 6.29 Å². The van der Waals surface area contributed by atoms with E-state index in [0.717, 1.165) is 0 Å². The fourth-order valence-electron chi connectivity index (χ4n) is 0.703. The molecule has 0 atom stereocenters. The van der Waals surface area contributed by atoms with E-state index < -0.39 is 0 Å². The van der Waals surface area contributed by atoms with Gasteiger partial charge in [0.05, 0.1) is 0 Å². The predicted octanol–water partition coefficient (Wildman–Crippen LogP) is 2.55. The summed E-state index contributed by atoms with van der Waals surface area (Å²) in [5.41, 5.74) is 0.330. The number of benzene rings is 1. The van der Waals surface area contributed by atoms with Gasteiger partial charge < -0.3 is 0 Å². The number of nitrogens with zero attached hydrogens (tertiary/aromatic N) is 1. The summed E-state index contributed by atoms with van der Waals surface area (Å²) < 4.78 is 0. The second kappa shape index (κ2) is 3.25. The van der Waals surface area contributed by atoms with E-state index in [1.807, 2.05) is 0 Å². The molecule has 11 heavy (non-hydrogen) atoms. The van der Waals surface area contributed by atoms with E-state index >= 15 is 0 Å². The minimum absolute atomic E-state index is 0.115. The molecule has 0 radical (unpaired) electrons. The first-order valence-corrected chi connectivity index (χ1v) is 3.24. The van der Waals surface area contributed by atoms with Crippen LogP contribution >= 0.6 is 11.6 Å². The van der Waals surface area contributed by atoms with Gasteiger partial charge in [-0.05, 0) is 23.4 Å². The summed E-state index contributed by atoms with van der Waals surface area (Å²) in [4.78, 5) is 20.3. The van der Waals surface area contributed by atoms with Crippen molar-refractivity contribution in [1.82, 2.24) is 0 Å². The summed E-state index contributed by atoms with van der Waals surface area (Å²) in [6.45, 7) is 0. The molecule has 3 nitrogen and oxygen atoms in total. The summed E-state index contributed by atoms with van der Waals surface area (Å²) in [6, 6.07) is 4.30. The molecular formula is C7H4ClNO2. The van der Waals surface area contributed by atoms with Gasteiger partial charge >= 0.3 is 0 Å². The van der Waals surface area contributed by atoms with E-state index in [9.17, 15) is 9.70 Å². The smallest absolute Gasteiger partial charge is 0.152 e. The van der Waals surface area contributed by atoms with Crippen molar-refractivity contribution in [2.24, 2.45) is 5.18 Å². The number of halogens is 1. The van der Waals surface area contributed by atoms with Crippen LogP contribution in [0.1, 0.15) is 10.4 Å². The van der Waals surface area contributed by atoms with Crippen molar-refractivity contribution in [3.63, 3.8) is 0 Å². The van der Waals surface area contributed by atoms with E-state index in [2.05, 4.69) is 5.18 Å². The third-order valence-electron chi connectivity index (χ3n) is 1.21. The van der Waals surface area contributed by atoms with Crippen LogP contribution in [0.4, 0.5) is 5.69 Å². The molecule has 0 N–H and O–H groups in total. The number of hydrogen-bond acceptors (Lipinski definition) is 3. The van der Waals surface area contributed by atoms with Gasteiger partial charge in [0, 0.05) is 10.6 Å². The largest absolute Gasteiger partial charge is 0.298 e. The molecule has 0 aliphatic rings. The summed E-state index contributed by atoms with van der Waals surface area (Å²) in [7, 11) is 0. The Morgan fingerprint density at radius 1 is 1.45 bits per heavy atom. The lowest BCUT2D eigenvalue weighted by atomic mass is 10.2. The number of nitroso groups, excluding NO2 is 1. The highest BCUT2D eigenvalue weighted by molar-refractivity contribution is 6.31. The van der Waals surface area contributed by atoms with Crippen LogP contribution in [0.2, 0.25) is 5.02 Å². The van der Waals surface area contributed by atoms with Gasteiger partial charge in [-0.15, -0.1) is 4.91 Å². The molecule has 0 unspecified atom stereocenters. The molecule has 1 aromatic carbocycles. The van der Waals surface area contributed by atoms with E-state index in [0.29, 0.717) is 11.3 Å². The summed E-state index contributed by atoms with van der Waals surface area (Å²) >= 11 is 5.55. The molecule has 1 rings (SSSR count). The Morgan fingerprint density at radius 2 is 2.18 bits per heavy atom. The molecular weight excluding hydrogens is 166 g/mol. The SMILES string of the molecule is O=Cc1cc(Cl)ccc1N=O. The Bertz CT molecular complexity index is 298. The second-order valence-corrected chi connectivity index (χ2v) is 2.35. The monoisotopic (exact) mass is 169 g/mol. The van der Waals surface area contributed by atoms with Crippen LogP contribution in [-0.2, 0) is 0 Å². The van der Waals surface area contributed by atoms with Crippen molar-refractivity contribution in [3.8, 4) is 0 Å². The van der Waals surface area contributed by atoms with Crippen molar-refractivity contribution in [3.05, 3.63) is 33.7 Å². The van der Waals surface area contributed by atoms with E-state index in [1.165, 1.54) is 18.2 Å². The zero-order chi connectivity index (χ0) is 8.27. The standard InChI is InChI=1S/C7H4ClNO2/c8-6-1-2-7(9-11)5(3-6)4-10/h1-4H. The van der Waals surface area contributed by atoms with Crippen molar-refractivity contribution in [2.75, 3.05) is 0 Å². The van der Waals surface area contributed by atoms with Gasteiger partial charge in [-0.1, -0.05) is 11.6 Å². The molecule has 0 saturated carbocycles. The summed E-state index contributed by atoms with van der Waals surface area (Å²) in [5.74, 6) is 0. The molecule has 0 spiro atoms. The van der Waals surface area contributed by atoms with Crippen molar-refractivity contribution in [1.29, 1.82) is 0 Å². The minimum atomic E-state index is 0.115. The van der Waals surface area contributed by atoms with Crippen LogP contribution in [0.5, 0.6) is 0 Å². The van der Waals surface area contributed by atoms with E-state index in [4.69, 9.17) is 11.6 Å². The van der Waals surface area contributed by atoms with Crippen LogP contribution in [-0.4, -0.2) is 6.29 Å². The number of carbonyl (C=O) groups excluding carboxylic acids is 1. The molecule has 0 heterocycles. The lowest BCUT2D eigenvalue weighted by Gasteiger charge is -1.93. The maximum absolute atomic E-state index is 10.3. The predicted molar refractivity (Wildman–Crippen MR) is 42.3 cm³/mol. The average Bonchev–Trinajstić information content (AvgIpc) is 2.04. The van der Waals surface area contributed by atoms with E-state index in [1.54, 1.807) is 0 Å². The van der Waals surface area contributed by atoms with Gasteiger partial charge in [0.25, 0.3) is 0 Å². The third-order valence-corrected chi connectivity index (χ3v) is 1.45. The third kappa shape index (κ3) is 1.62. The Kier molecular flexibility index (Phi) is 2.33. The molecule has 0 bridgehead atoms. The lowest BCUT2D eigenvalue weighted by molar-refractivity contribution is 0.112. The molecule has 0 aromatic heterocycles. The molecule has 4 heteroatoms. The Hall–Kier alpha value is -1.22. The van der Waals surface area contributed by atoms with Crippen molar-refractivity contribution >= 4 is 23.6 Å². The molecule has 0 amide bonds. The zero-order valence-electron chi connectivity index (χ0n) is 5.45. The first kappa shape index (κ1) is 7.88. The number of aldehydes is 1. The fraction of sp³-hybridized carbons (Fsp3) is 0. The molecule has 0 aliphatic heterocycles. The normalized spacial score (nSPS) is 9.18. The van der Waals surface area contributed by atoms with Crippen LogP contribution in [0.25, 0.3) is 0 Å². The molecule has 0 aliphatic carbocycles. The lowest BCUT2D eigenvalue weighted by Crippen LogP contribution is -1.79. The Morgan fingerprint density at radius 3 is 2.73 bits per heavy atom. The van der Waals surface area contributed by atoms with Gasteiger partial charge in [-0.2, -0.15) is 0 Å². The maximum Gasteiger partial charge on any atom is 0.152 e. The van der Waals surface area contributed by atoms with Crippen LogP contribution in [0.3, 0.4) is 0 Å². The molecule has 56 valence electrons. The minimum Gasteiger partial charge on any atom is -0.298 e. The van der Waals surface area contributed by atoms with Gasteiger partial charge in [0.1, 0.15) is 5.69 Å². The highest BCUT2D eigenvalue weighted by Crippen LogP contribution is 2.20. The number of hydrogen-bond donors (Lipinski definition) is 0. The Balaban J connectivity index is 3.26. The quantitative estimate of drug-likeness (QED) is 0.505. The second-order valence-electron chi connectivity index (χ2n) is 1.91. The highest BCUT2D eigenvalue weighted by Gasteiger charge is 2.00. The highest BCUT2D eigenvalue weighted by atomic mass is 35.5. The van der Waals surface area contributed by atoms with Gasteiger partial charge in [0.2, 0.25) is 0 Å². The molecule has 0 fully saturated rings. The summed E-state index contributed by atoms with van der Waals surface area (Å²) in [5, 5.41) is 3.06. The number of carbonyl (C=O) groups is 1. The molecule has 0 saturated heterocycles. The average molecular weight is 170 g/mol.